The lowest BCUT2D eigenvalue weighted by Gasteiger charge is -2.21. The molecular formula is C16H22N2O3. The average Bonchev–Trinajstić information content (AvgIpc) is 2.48. The van der Waals surface area contributed by atoms with Crippen LogP contribution in [0.4, 0.5) is 5.82 Å². The predicted molar refractivity (Wildman–Crippen MR) is 80.3 cm³/mol. The molecule has 5 nitrogen and oxygen atoms in total. The molecule has 0 bridgehead atoms. The van der Waals surface area contributed by atoms with Crippen LogP contribution in [0.25, 0.3) is 0 Å². The number of nitrogens with one attached hydrogen (secondary N) is 1. The average molecular weight is 290 g/mol. The highest BCUT2D eigenvalue weighted by Crippen LogP contribution is 2.27. The molecule has 0 radical (unpaired) electrons. The number of carbonyl (C=O) groups is 2. The minimum atomic E-state index is -1.08. The number of rotatable bonds is 6. The predicted octanol–water partition coefficient (Wildman–Crippen LogP) is 3.47. The number of anilines is 1. The van der Waals surface area contributed by atoms with Crippen molar-refractivity contribution in [3.05, 3.63) is 23.9 Å². The van der Waals surface area contributed by atoms with Gasteiger partial charge in [0.1, 0.15) is 11.4 Å². The van der Waals surface area contributed by atoms with Gasteiger partial charge in [0.15, 0.2) is 0 Å². The Hall–Kier alpha value is -1.91. The van der Waals surface area contributed by atoms with Gasteiger partial charge in [-0.3, -0.25) is 4.79 Å². The first-order valence-corrected chi connectivity index (χ1v) is 7.65. The van der Waals surface area contributed by atoms with Crippen molar-refractivity contribution in [1.29, 1.82) is 0 Å². The number of amides is 1. The second-order valence-electron chi connectivity index (χ2n) is 5.65. The van der Waals surface area contributed by atoms with E-state index in [9.17, 15) is 9.59 Å². The second-order valence-corrected chi connectivity index (χ2v) is 5.65. The molecule has 0 atom stereocenters. The largest absolute Gasteiger partial charge is 0.478 e. The van der Waals surface area contributed by atoms with Crippen molar-refractivity contribution in [1.82, 2.24) is 4.98 Å². The van der Waals surface area contributed by atoms with Gasteiger partial charge in [0.25, 0.3) is 0 Å². The van der Waals surface area contributed by atoms with Crippen molar-refractivity contribution in [2.75, 3.05) is 5.32 Å². The molecule has 0 aliphatic heterocycles. The zero-order valence-corrected chi connectivity index (χ0v) is 12.2. The standard InChI is InChI=1S/C16H22N2O3/c19-14(10-4-8-12-6-2-1-3-7-12)18-15-13(16(20)21)9-5-11-17-15/h5,9,11-12H,1-4,6-8,10H2,(H,20,21)(H,17,18,19). The highest BCUT2D eigenvalue weighted by atomic mass is 16.4. The Morgan fingerprint density at radius 2 is 2.05 bits per heavy atom. The van der Waals surface area contributed by atoms with Crippen LogP contribution in [-0.4, -0.2) is 22.0 Å². The van der Waals surface area contributed by atoms with E-state index >= 15 is 0 Å². The zero-order valence-electron chi connectivity index (χ0n) is 12.2. The van der Waals surface area contributed by atoms with Crippen molar-refractivity contribution in [3.63, 3.8) is 0 Å². The monoisotopic (exact) mass is 290 g/mol. The molecule has 1 fully saturated rings. The molecule has 0 aromatic carbocycles. The molecule has 0 spiro atoms. The van der Waals surface area contributed by atoms with E-state index in [0.717, 1.165) is 18.8 Å². The van der Waals surface area contributed by atoms with Crippen molar-refractivity contribution >= 4 is 17.7 Å². The first-order valence-electron chi connectivity index (χ1n) is 7.65. The first-order chi connectivity index (χ1) is 10.2. The number of aromatic nitrogens is 1. The molecular weight excluding hydrogens is 268 g/mol. The first kappa shape index (κ1) is 15.5. The fourth-order valence-corrected chi connectivity index (χ4v) is 2.90. The lowest BCUT2D eigenvalue weighted by molar-refractivity contribution is -0.116. The number of pyridine rings is 1. The molecule has 0 unspecified atom stereocenters. The molecule has 2 N–H and O–H groups in total. The quantitative estimate of drug-likeness (QED) is 0.840. The number of nitrogens with zero attached hydrogens (tertiary/aromatic N) is 1. The van der Waals surface area contributed by atoms with Gasteiger partial charge in [-0.15, -0.1) is 0 Å². The summed E-state index contributed by atoms with van der Waals surface area (Å²) in [6.07, 6.45) is 10.4. The minimum absolute atomic E-state index is 0.0260. The molecule has 21 heavy (non-hydrogen) atoms. The van der Waals surface area contributed by atoms with E-state index in [2.05, 4.69) is 10.3 Å². The third-order valence-corrected chi connectivity index (χ3v) is 4.04. The van der Waals surface area contributed by atoms with Crippen LogP contribution in [0.1, 0.15) is 61.7 Å². The van der Waals surface area contributed by atoms with Crippen LogP contribution in [0.3, 0.4) is 0 Å². The Morgan fingerprint density at radius 1 is 1.29 bits per heavy atom. The van der Waals surface area contributed by atoms with Crippen LogP contribution in [0, 0.1) is 5.92 Å². The lowest BCUT2D eigenvalue weighted by atomic mass is 9.86. The minimum Gasteiger partial charge on any atom is -0.478 e. The second kappa shape index (κ2) is 7.76. The maximum atomic E-state index is 11.9. The van der Waals surface area contributed by atoms with Crippen LogP contribution in [0.15, 0.2) is 18.3 Å². The molecule has 5 heteroatoms. The van der Waals surface area contributed by atoms with Gasteiger partial charge in [-0.05, 0) is 30.9 Å². The smallest absolute Gasteiger partial charge is 0.339 e. The number of carboxylic acids is 1. The maximum absolute atomic E-state index is 11.9. The summed E-state index contributed by atoms with van der Waals surface area (Å²) >= 11 is 0. The van der Waals surface area contributed by atoms with E-state index in [4.69, 9.17) is 5.11 Å². The molecule has 1 amide bonds. The Labute approximate surface area is 124 Å². The van der Waals surface area contributed by atoms with Gasteiger partial charge in [0, 0.05) is 12.6 Å². The number of carboxylic acid groups (broad SMARTS) is 1. The Morgan fingerprint density at radius 3 is 2.76 bits per heavy atom. The van der Waals surface area contributed by atoms with Gasteiger partial charge in [0.2, 0.25) is 5.91 Å². The molecule has 0 saturated heterocycles. The SMILES string of the molecule is O=C(CCCC1CCCCC1)Nc1ncccc1C(=O)O. The summed E-state index contributed by atoms with van der Waals surface area (Å²) in [6, 6.07) is 2.98. The van der Waals surface area contributed by atoms with Gasteiger partial charge in [-0.25, -0.2) is 9.78 Å². The maximum Gasteiger partial charge on any atom is 0.339 e. The Balaban J connectivity index is 1.78. The molecule has 1 heterocycles. The molecule has 1 aromatic rings. The highest BCUT2D eigenvalue weighted by molar-refractivity contribution is 5.99. The molecule has 114 valence electrons. The van der Waals surface area contributed by atoms with Crippen LogP contribution in [-0.2, 0) is 4.79 Å². The Kier molecular flexibility index (Phi) is 5.72. The van der Waals surface area contributed by atoms with Crippen molar-refractivity contribution in [3.8, 4) is 0 Å². The summed E-state index contributed by atoms with van der Waals surface area (Å²) in [5, 5.41) is 11.6. The van der Waals surface area contributed by atoms with Gasteiger partial charge in [-0.2, -0.15) is 0 Å². The Bertz CT molecular complexity index is 496. The molecule has 1 aliphatic rings. The van der Waals surface area contributed by atoms with E-state index in [1.807, 2.05) is 0 Å². The number of hydrogen-bond donors (Lipinski definition) is 2. The van der Waals surface area contributed by atoms with Gasteiger partial charge in [0.05, 0.1) is 0 Å². The zero-order chi connectivity index (χ0) is 15.1. The van der Waals surface area contributed by atoms with Crippen LogP contribution in [0.5, 0.6) is 0 Å². The van der Waals surface area contributed by atoms with Crippen molar-refractivity contribution in [2.24, 2.45) is 5.92 Å². The van der Waals surface area contributed by atoms with Crippen LogP contribution in [0.2, 0.25) is 0 Å². The van der Waals surface area contributed by atoms with E-state index in [-0.39, 0.29) is 17.3 Å². The van der Waals surface area contributed by atoms with Crippen molar-refractivity contribution < 1.29 is 14.7 Å². The third-order valence-electron chi connectivity index (χ3n) is 4.04. The van der Waals surface area contributed by atoms with Gasteiger partial charge < -0.3 is 10.4 Å². The van der Waals surface area contributed by atoms with E-state index < -0.39 is 5.97 Å². The fourth-order valence-electron chi connectivity index (χ4n) is 2.90. The van der Waals surface area contributed by atoms with Crippen molar-refractivity contribution in [2.45, 2.75) is 51.4 Å². The molecule has 1 saturated carbocycles. The fraction of sp³-hybridized carbons (Fsp3) is 0.562. The highest BCUT2D eigenvalue weighted by Gasteiger charge is 2.15. The normalized spacial score (nSPS) is 15.6. The molecule has 1 aliphatic carbocycles. The summed E-state index contributed by atoms with van der Waals surface area (Å²) in [5.41, 5.74) is 0.0260. The summed E-state index contributed by atoms with van der Waals surface area (Å²) in [4.78, 5) is 26.8. The van der Waals surface area contributed by atoms with Gasteiger partial charge >= 0.3 is 5.97 Å². The lowest BCUT2D eigenvalue weighted by Crippen LogP contribution is -2.16. The topological polar surface area (TPSA) is 79.3 Å². The van der Waals surface area contributed by atoms with E-state index in [1.165, 1.54) is 44.4 Å². The van der Waals surface area contributed by atoms with E-state index in [0.29, 0.717) is 6.42 Å². The summed E-state index contributed by atoms with van der Waals surface area (Å²) < 4.78 is 0. The summed E-state index contributed by atoms with van der Waals surface area (Å²) in [5.74, 6) is -0.351. The summed E-state index contributed by atoms with van der Waals surface area (Å²) in [6.45, 7) is 0. The number of hydrogen-bond acceptors (Lipinski definition) is 3. The summed E-state index contributed by atoms with van der Waals surface area (Å²) in [7, 11) is 0. The van der Waals surface area contributed by atoms with E-state index in [1.54, 1.807) is 6.07 Å². The number of carbonyl (C=O) groups excluding carboxylic acids is 1. The van der Waals surface area contributed by atoms with Crippen LogP contribution >= 0.6 is 0 Å². The van der Waals surface area contributed by atoms with Gasteiger partial charge in [-0.1, -0.05) is 32.1 Å². The number of aromatic carboxylic acids is 1. The molecule has 2 rings (SSSR count). The molecule has 1 aromatic heterocycles. The van der Waals surface area contributed by atoms with Crippen LogP contribution < -0.4 is 5.32 Å². The third kappa shape index (κ3) is 4.85.